The molecular formula is C12H23NO3. The smallest absolute Gasteiger partial charge is 0.162 e. The highest BCUT2D eigenvalue weighted by Gasteiger charge is 2.31. The van der Waals surface area contributed by atoms with Gasteiger partial charge < -0.3 is 19.5 Å². The van der Waals surface area contributed by atoms with Crippen molar-refractivity contribution in [1.82, 2.24) is 5.32 Å². The average Bonchev–Trinajstić information content (AvgIpc) is 2.69. The Kier molecular flexibility index (Phi) is 3.85. The van der Waals surface area contributed by atoms with Gasteiger partial charge in [-0.15, -0.1) is 0 Å². The van der Waals surface area contributed by atoms with Crippen LogP contribution in [0.25, 0.3) is 0 Å². The van der Waals surface area contributed by atoms with Crippen molar-refractivity contribution in [3.63, 3.8) is 0 Å². The van der Waals surface area contributed by atoms with Crippen LogP contribution in [0, 0.1) is 0 Å². The zero-order valence-corrected chi connectivity index (χ0v) is 10.5. The molecular weight excluding hydrogens is 206 g/mol. The molecule has 4 heteroatoms. The maximum absolute atomic E-state index is 5.63. The molecule has 2 atom stereocenters. The highest BCUT2D eigenvalue weighted by molar-refractivity contribution is 4.85. The first-order valence-electron chi connectivity index (χ1n) is 6.16. The number of hydrogen-bond donors (Lipinski definition) is 1. The lowest BCUT2D eigenvalue weighted by Gasteiger charge is -2.36. The van der Waals surface area contributed by atoms with Crippen molar-refractivity contribution in [3.05, 3.63) is 0 Å². The van der Waals surface area contributed by atoms with Gasteiger partial charge in [0.05, 0.1) is 25.4 Å². The highest BCUT2D eigenvalue weighted by atomic mass is 16.7. The molecule has 0 bridgehead atoms. The molecule has 0 aromatic carbocycles. The first kappa shape index (κ1) is 12.3. The second-order valence-corrected chi connectivity index (χ2v) is 5.25. The average molecular weight is 229 g/mol. The molecule has 0 aromatic rings. The maximum atomic E-state index is 5.63. The lowest BCUT2D eigenvalue weighted by atomic mass is 10.2. The molecule has 1 N–H and O–H groups in total. The first-order chi connectivity index (χ1) is 7.59. The summed E-state index contributed by atoms with van der Waals surface area (Å²) in [6.07, 6.45) is 3.89. The molecule has 0 radical (unpaired) electrons. The molecule has 4 nitrogen and oxygen atoms in total. The van der Waals surface area contributed by atoms with Gasteiger partial charge in [0.25, 0.3) is 0 Å². The fourth-order valence-corrected chi connectivity index (χ4v) is 2.43. The maximum Gasteiger partial charge on any atom is 0.162 e. The summed E-state index contributed by atoms with van der Waals surface area (Å²) in [7, 11) is 1.79. The highest BCUT2D eigenvalue weighted by Crippen LogP contribution is 2.23. The van der Waals surface area contributed by atoms with Gasteiger partial charge in [-0.25, -0.2) is 0 Å². The Morgan fingerprint density at radius 1 is 1.12 bits per heavy atom. The summed E-state index contributed by atoms with van der Waals surface area (Å²) in [5.74, 6) is -0.414. The van der Waals surface area contributed by atoms with Gasteiger partial charge >= 0.3 is 0 Å². The van der Waals surface area contributed by atoms with Crippen molar-refractivity contribution >= 4 is 0 Å². The quantitative estimate of drug-likeness (QED) is 0.791. The fraction of sp³-hybridized carbons (Fsp3) is 1.00. The monoisotopic (exact) mass is 229 g/mol. The summed E-state index contributed by atoms with van der Waals surface area (Å²) < 4.78 is 16.6. The number of rotatable bonds is 3. The molecule has 2 unspecified atom stereocenters. The molecule has 94 valence electrons. The third-order valence-electron chi connectivity index (χ3n) is 3.45. The van der Waals surface area contributed by atoms with Gasteiger partial charge in [0.15, 0.2) is 5.79 Å². The topological polar surface area (TPSA) is 39.7 Å². The van der Waals surface area contributed by atoms with Gasteiger partial charge in [-0.3, -0.25) is 0 Å². The zero-order valence-electron chi connectivity index (χ0n) is 10.5. The van der Waals surface area contributed by atoms with Crippen LogP contribution in [0.3, 0.4) is 0 Å². The summed E-state index contributed by atoms with van der Waals surface area (Å²) in [5.41, 5.74) is 0. The Labute approximate surface area is 97.6 Å². The predicted molar refractivity (Wildman–Crippen MR) is 61.3 cm³/mol. The van der Waals surface area contributed by atoms with Crippen molar-refractivity contribution in [2.75, 3.05) is 20.3 Å². The van der Waals surface area contributed by atoms with Gasteiger partial charge in [0.1, 0.15) is 0 Å². The van der Waals surface area contributed by atoms with Crippen LogP contribution in [0.2, 0.25) is 0 Å². The van der Waals surface area contributed by atoms with Crippen molar-refractivity contribution < 1.29 is 14.2 Å². The van der Waals surface area contributed by atoms with Crippen LogP contribution < -0.4 is 5.32 Å². The summed E-state index contributed by atoms with van der Waals surface area (Å²) in [4.78, 5) is 0. The lowest BCUT2D eigenvalue weighted by Crippen LogP contribution is -2.51. The Balaban J connectivity index is 1.71. The Morgan fingerprint density at radius 2 is 1.81 bits per heavy atom. The lowest BCUT2D eigenvalue weighted by molar-refractivity contribution is -0.253. The van der Waals surface area contributed by atoms with Gasteiger partial charge in [-0.2, -0.15) is 0 Å². The summed E-state index contributed by atoms with van der Waals surface area (Å²) in [5, 5.41) is 3.59. The van der Waals surface area contributed by atoms with E-state index in [1.807, 2.05) is 13.8 Å². The van der Waals surface area contributed by atoms with Gasteiger partial charge in [0, 0.05) is 13.2 Å². The molecule has 1 aliphatic carbocycles. The van der Waals surface area contributed by atoms with Crippen molar-refractivity contribution in [2.24, 2.45) is 0 Å². The SMILES string of the molecule is COC1CCC(NC2COC(C)(C)OC2)C1. The molecule has 1 heterocycles. The second kappa shape index (κ2) is 5.00. The van der Waals surface area contributed by atoms with Crippen molar-refractivity contribution in [3.8, 4) is 0 Å². The molecule has 2 rings (SSSR count). The zero-order chi connectivity index (χ0) is 11.6. The van der Waals surface area contributed by atoms with Crippen molar-refractivity contribution in [2.45, 2.75) is 57.1 Å². The van der Waals surface area contributed by atoms with E-state index in [2.05, 4.69) is 5.32 Å². The fourth-order valence-electron chi connectivity index (χ4n) is 2.43. The molecule has 1 aliphatic heterocycles. The normalized spacial score (nSPS) is 35.4. The Morgan fingerprint density at radius 3 is 2.38 bits per heavy atom. The Bertz CT molecular complexity index is 222. The number of ether oxygens (including phenoxy) is 3. The molecule has 0 amide bonds. The van der Waals surface area contributed by atoms with E-state index in [1.54, 1.807) is 7.11 Å². The molecule has 0 spiro atoms. The summed E-state index contributed by atoms with van der Waals surface area (Å²) in [6, 6.07) is 0.886. The van der Waals surface area contributed by atoms with Crippen LogP contribution in [0.5, 0.6) is 0 Å². The molecule has 16 heavy (non-hydrogen) atoms. The van der Waals surface area contributed by atoms with Gasteiger partial charge in [-0.1, -0.05) is 0 Å². The van der Waals surface area contributed by atoms with E-state index in [0.717, 1.165) is 26.1 Å². The van der Waals surface area contributed by atoms with Gasteiger partial charge in [0.2, 0.25) is 0 Å². The van der Waals surface area contributed by atoms with E-state index in [-0.39, 0.29) is 0 Å². The van der Waals surface area contributed by atoms with Crippen LogP contribution in [0.4, 0.5) is 0 Å². The van der Waals surface area contributed by atoms with Crippen LogP contribution >= 0.6 is 0 Å². The van der Waals surface area contributed by atoms with Gasteiger partial charge in [-0.05, 0) is 33.1 Å². The molecule has 2 fully saturated rings. The van der Waals surface area contributed by atoms with E-state index >= 15 is 0 Å². The second-order valence-electron chi connectivity index (χ2n) is 5.25. The number of nitrogens with one attached hydrogen (secondary N) is 1. The Hall–Kier alpha value is -0.160. The van der Waals surface area contributed by atoms with E-state index in [4.69, 9.17) is 14.2 Å². The van der Waals surface area contributed by atoms with Crippen molar-refractivity contribution in [1.29, 1.82) is 0 Å². The minimum atomic E-state index is -0.414. The van der Waals surface area contributed by atoms with E-state index in [1.165, 1.54) is 6.42 Å². The molecule has 0 aromatic heterocycles. The standard InChI is InChI=1S/C12H23NO3/c1-12(2)15-7-10(8-16-12)13-9-4-5-11(6-9)14-3/h9-11,13H,4-8H2,1-3H3. The minimum absolute atomic E-state index is 0.327. The van der Waals surface area contributed by atoms with Crippen LogP contribution in [0.1, 0.15) is 33.1 Å². The van der Waals surface area contributed by atoms with E-state index < -0.39 is 5.79 Å². The third kappa shape index (κ3) is 3.17. The number of hydrogen-bond acceptors (Lipinski definition) is 4. The largest absolute Gasteiger partial charge is 0.381 e. The summed E-state index contributed by atoms with van der Waals surface area (Å²) in [6.45, 7) is 5.39. The van der Waals surface area contributed by atoms with E-state index in [0.29, 0.717) is 18.2 Å². The van der Waals surface area contributed by atoms with Crippen LogP contribution in [-0.2, 0) is 14.2 Å². The van der Waals surface area contributed by atoms with Crippen LogP contribution in [0.15, 0.2) is 0 Å². The molecule has 1 saturated heterocycles. The van der Waals surface area contributed by atoms with E-state index in [9.17, 15) is 0 Å². The summed E-state index contributed by atoms with van der Waals surface area (Å²) >= 11 is 0. The minimum Gasteiger partial charge on any atom is -0.381 e. The van der Waals surface area contributed by atoms with Crippen LogP contribution in [-0.4, -0.2) is 44.3 Å². The predicted octanol–water partition coefficient (Wildman–Crippen LogP) is 1.29. The molecule has 1 saturated carbocycles. The number of methoxy groups -OCH3 is 1. The third-order valence-corrected chi connectivity index (χ3v) is 3.45. The molecule has 2 aliphatic rings. The first-order valence-corrected chi connectivity index (χ1v) is 6.16.